The maximum atomic E-state index is 10.3. The van der Waals surface area contributed by atoms with Crippen molar-refractivity contribution in [3.05, 3.63) is 36.4 Å². The summed E-state index contributed by atoms with van der Waals surface area (Å²) in [5.74, 6) is 0.708. The third-order valence-electron chi connectivity index (χ3n) is 4.45. The van der Waals surface area contributed by atoms with Crippen LogP contribution in [0.3, 0.4) is 0 Å². The zero-order valence-electron chi connectivity index (χ0n) is 14.8. The van der Waals surface area contributed by atoms with Crippen molar-refractivity contribution in [2.75, 3.05) is 7.11 Å². The number of hydrogen-bond donors (Lipinski definition) is 1. The standard InChI is InChI=1S/C18H30O3Si/c1-8-10-15(21-22(6,7)18(2,3)4)13-14-11-9-12-16(20-5)17(14)19/h8-9,11-12,15,19H,1,10,13H2,2-7H3. The molecule has 4 heteroatoms. The average molecular weight is 323 g/mol. The van der Waals surface area contributed by atoms with Crippen LogP contribution in [-0.4, -0.2) is 26.6 Å². The Hall–Kier alpha value is -1.26. The van der Waals surface area contributed by atoms with Crippen LogP contribution in [0.15, 0.2) is 30.9 Å². The van der Waals surface area contributed by atoms with Crippen molar-refractivity contribution in [2.45, 2.75) is 57.8 Å². The van der Waals surface area contributed by atoms with Crippen molar-refractivity contribution in [3.8, 4) is 11.5 Å². The molecule has 22 heavy (non-hydrogen) atoms. The summed E-state index contributed by atoms with van der Waals surface area (Å²) >= 11 is 0. The summed E-state index contributed by atoms with van der Waals surface area (Å²) in [6.45, 7) is 15.0. The first kappa shape index (κ1) is 18.8. The van der Waals surface area contributed by atoms with Crippen molar-refractivity contribution in [2.24, 2.45) is 0 Å². The fraction of sp³-hybridized carbons (Fsp3) is 0.556. The molecule has 0 saturated carbocycles. The molecule has 1 unspecified atom stereocenters. The topological polar surface area (TPSA) is 38.7 Å². The van der Waals surface area contributed by atoms with E-state index < -0.39 is 8.32 Å². The van der Waals surface area contributed by atoms with Gasteiger partial charge < -0.3 is 14.3 Å². The quantitative estimate of drug-likeness (QED) is 0.572. The fourth-order valence-corrected chi connectivity index (χ4v) is 3.46. The summed E-state index contributed by atoms with van der Waals surface area (Å²) in [5.41, 5.74) is 0.852. The number of hydrogen-bond acceptors (Lipinski definition) is 3. The Bertz CT molecular complexity index is 504. The van der Waals surface area contributed by atoms with Gasteiger partial charge in [-0.2, -0.15) is 0 Å². The summed E-state index contributed by atoms with van der Waals surface area (Å²) in [6.07, 6.45) is 3.33. The molecule has 0 aromatic heterocycles. The monoisotopic (exact) mass is 322 g/mol. The van der Waals surface area contributed by atoms with Gasteiger partial charge in [0.25, 0.3) is 0 Å². The highest BCUT2D eigenvalue weighted by molar-refractivity contribution is 6.74. The van der Waals surface area contributed by atoms with Gasteiger partial charge in [0.2, 0.25) is 0 Å². The van der Waals surface area contributed by atoms with Crippen molar-refractivity contribution in [3.63, 3.8) is 0 Å². The summed E-state index contributed by atoms with van der Waals surface area (Å²) < 4.78 is 11.7. The summed E-state index contributed by atoms with van der Waals surface area (Å²) in [5, 5.41) is 10.4. The third-order valence-corrected chi connectivity index (χ3v) is 8.98. The Balaban J connectivity index is 2.96. The molecular formula is C18H30O3Si. The number of methoxy groups -OCH3 is 1. The second-order valence-corrected chi connectivity index (χ2v) is 12.0. The Morgan fingerprint density at radius 1 is 1.32 bits per heavy atom. The number of phenolic OH excluding ortho intramolecular Hbond substituents is 1. The molecule has 124 valence electrons. The van der Waals surface area contributed by atoms with Gasteiger partial charge in [-0.15, -0.1) is 6.58 Å². The van der Waals surface area contributed by atoms with E-state index in [2.05, 4.69) is 40.4 Å². The van der Waals surface area contributed by atoms with Crippen LogP contribution >= 0.6 is 0 Å². The minimum atomic E-state index is -1.86. The van der Waals surface area contributed by atoms with Gasteiger partial charge in [-0.3, -0.25) is 0 Å². The van der Waals surface area contributed by atoms with Crippen LogP contribution in [-0.2, 0) is 10.8 Å². The number of para-hydroxylation sites is 1. The van der Waals surface area contributed by atoms with Gasteiger partial charge in [-0.05, 0) is 30.6 Å². The molecule has 0 saturated heterocycles. The van der Waals surface area contributed by atoms with E-state index in [0.717, 1.165) is 12.0 Å². The maximum absolute atomic E-state index is 10.3. The normalized spacial score (nSPS) is 13.7. The van der Waals surface area contributed by atoms with Gasteiger partial charge in [0.05, 0.1) is 13.2 Å². The predicted molar refractivity (Wildman–Crippen MR) is 95.2 cm³/mol. The van der Waals surface area contributed by atoms with Crippen molar-refractivity contribution >= 4 is 8.32 Å². The fourth-order valence-electron chi connectivity index (χ4n) is 2.09. The minimum Gasteiger partial charge on any atom is -0.504 e. The number of phenols is 1. The second kappa shape index (κ2) is 7.33. The molecule has 0 bridgehead atoms. The number of aromatic hydroxyl groups is 1. The lowest BCUT2D eigenvalue weighted by molar-refractivity contribution is 0.182. The van der Waals surface area contributed by atoms with Crippen molar-refractivity contribution < 1.29 is 14.3 Å². The molecule has 0 spiro atoms. The molecule has 0 aliphatic heterocycles. The largest absolute Gasteiger partial charge is 0.504 e. The minimum absolute atomic E-state index is 0.0244. The van der Waals surface area contributed by atoms with Gasteiger partial charge in [0, 0.05) is 12.0 Å². The Morgan fingerprint density at radius 3 is 2.45 bits per heavy atom. The van der Waals surface area contributed by atoms with E-state index in [-0.39, 0.29) is 16.9 Å². The molecule has 3 nitrogen and oxygen atoms in total. The van der Waals surface area contributed by atoms with Gasteiger partial charge in [-0.1, -0.05) is 39.0 Å². The van der Waals surface area contributed by atoms with Crippen LogP contribution in [0.4, 0.5) is 0 Å². The molecule has 1 atom stereocenters. The van der Waals surface area contributed by atoms with E-state index in [9.17, 15) is 5.11 Å². The smallest absolute Gasteiger partial charge is 0.192 e. The molecular weight excluding hydrogens is 292 g/mol. The van der Waals surface area contributed by atoms with Gasteiger partial charge in [0.1, 0.15) is 0 Å². The first-order valence-corrected chi connectivity index (χ1v) is 10.7. The van der Waals surface area contributed by atoms with E-state index in [1.165, 1.54) is 0 Å². The van der Waals surface area contributed by atoms with Crippen LogP contribution in [0.25, 0.3) is 0 Å². The van der Waals surface area contributed by atoms with Crippen molar-refractivity contribution in [1.82, 2.24) is 0 Å². The summed E-state index contributed by atoms with van der Waals surface area (Å²) in [6, 6.07) is 5.57. The van der Waals surface area contributed by atoms with Crippen LogP contribution in [0.1, 0.15) is 32.8 Å². The van der Waals surface area contributed by atoms with E-state index in [1.54, 1.807) is 13.2 Å². The summed E-state index contributed by atoms with van der Waals surface area (Å²) in [4.78, 5) is 0. The van der Waals surface area contributed by atoms with E-state index in [4.69, 9.17) is 9.16 Å². The number of ether oxygens (including phenoxy) is 1. The lowest BCUT2D eigenvalue weighted by Gasteiger charge is -2.39. The lowest BCUT2D eigenvalue weighted by atomic mass is 10.0. The molecule has 0 fully saturated rings. The third kappa shape index (κ3) is 4.62. The van der Waals surface area contributed by atoms with E-state index >= 15 is 0 Å². The van der Waals surface area contributed by atoms with E-state index in [1.807, 2.05) is 18.2 Å². The molecule has 1 aromatic rings. The maximum Gasteiger partial charge on any atom is 0.192 e. The molecule has 1 N–H and O–H groups in total. The molecule has 1 rings (SSSR count). The first-order chi connectivity index (χ1) is 10.1. The Morgan fingerprint density at radius 2 is 1.95 bits per heavy atom. The zero-order valence-corrected chi connectivity index (χ0v) is 15.8. The van der Waals surface area contributed by atoms with E-state index in [0.29, 0.717) is 12.2 Å². The first-order valence-electron chi connectivity index (χ1n) is 7.76. The van der Waals surface area contributed by atoms with Gasteiger partial charge in [-0.25, -0.2) is 0 Å². The highest BCUT2D eigenvalue weighted by Gasteiger charge is 2.39. The predicted octanol–water partition coefficient (Wildman–Crippen LogP) is 4.91. The molecule has 0 aliphatic rings. The van der Waals surface area contributed by atoms with Crippen LogP contribution < -0.4 is 4.74 Å². The highest BCUT2D eigenvalue weighted by atomic mass is 28.4. The highest BCUT2D eigenvalue weighted by Crippen LogP contribution is 2.39. The Labute approximate surface area is 136 Å². The Kier molecular flexibility index (Phi) is 6.26. The molecule has 0 heterocycles. The zero-order chi connectivity index (χ0) is 17.0. The summed E-state index contributed by atoms with van der Waals surface area (Å²) in [7, 11) is -0.297. The van der Waals surface area contributed by atoms with Crippen LogP contribution in [0, 0.1) is 0 Å². The second-order valence-electron chi connectivity index (χ2n) is 7.20. The van der Waals surface area contributed by atoms with Crippen LogP contribution in [0.2, 0.25) is 18.1 Å². The number of benzene rings is 1. The number of rotatable bonds is 7. The molecule has 0 aliphatic carbocycles. The molecule has 0 radical (unpaired) electrons. The molecule has 0 amide bonds. The van der Waals surface area contributed by atoms with Crippen LogP contribution in [0.5, 0.6) is 11.5 Å². The SMILES string of the molecule is C=CCC(Cc1cccc(OC)c1O)O[Si](C)(C)C(C)(C)C. The average Bonchev–Trinajstić information content (AvgIpc) is 2.39. The van der Waals surface area contributed by atoms with Crippen molar-refractivity contribution in [1.29, 1.82) is 0 Å². The van der Waals surface area contributed by atoms with Gasteiger partial charge >= 0.3 is 0 Å². The molecule has 1 aromatic carbocycles. The van der Waals surface area contributed by atoms with Gasteiger partial charge in [0.15, 0.2) is 19.8 Å². The lowest BCUT2D eigenvalue weighted by Crippen LogP contribution is -2.44.